The third-order valence-corrected chi connectivity index (χ3v) is 7.50. The van der Waals surface area contributed by atoms with Gasteiger partial charge in [-0.1, -0.05) is 35.3 Å². The van der Waals surface area contributed by atoms with Crippen LogP contribution < -0.4 is 10.1 Å². The molecule has 4 aliphatic rings. The molecule has 0 amide bonds. The summed E-state index contributed by atoms with van der Waals surface area (Å²) in [7, 11) is 0. The molecule has 2 unspecified atom stereocenters. The number of nitrogens with one attached hydrogen (secondary N) is 1. The SMILES string of the molecule is OC12CC3CC(C1)CC(NCc1cc(Cl)ccc1OCc1ccc(Cl)cc1)(C3)C2. The molecular weight excluding hydrogens is 405 g/mol. The summed E-state index contributed by atoms with van der Waals surface area (Å²) >= 11 is 12.3. The fourth-order valence-electron chi connectivity index (χ4n) is 6.27. The smallest absolute Gasteiger partial charge is 0.124 e. The van der Waals surface area contributed by atoms with E-state index in [1.54, 1.807) is 0 Å². The van der Waals surface area contributed by atoms with Crippen molar-refractivity contribution in [3.05, 3.63) is 63.6 Å². The summed E-state index contributed by atoms with van der Waals surface area (Å²) in [6, 6.07) is 13.5. The van der Waals surface area contributed by atoms with Crippen LogP contribution in [0.25, 0.3) is 0 Å². The fraction of sp³-hybridized carbons (Fsp3) is 0.500. The van der Waals surface area contributed by atoms with E-state index in [2.05, 4.69) is 5.32 Å². The Hall–Kier alpha value is -1.26. The second kappa shape index (κ2) is 7.46. The molecule has 2 aromatic rings. The van der Waals surface area contributed by atoms with Crippen LogP contribution in [0.15, 0.2) is 42.5 Å². The largest absolute Gasteiger partial charge is 0.489 e. The monoisotopic (exact) mass is 431 g/mol. The van der Waals surface area contributed by atoms with E-state index in [1.807, 2.05) is 42.5 Å². The molecular formula is C24H27Cl2NO2. The first-order valence-electron chi connectivity index (χ1n) is 10.5. The Morgan fingerprint density at radius 3 is 2.34 bits per heavy atom. The van der Waals surface area contributed by atoms with E-state index < -0.39 is 5.60 Å². The Labute approximate surface area is 182 Å². The van der Waals surface area contributed by atoms with Gasteiger partial charge in [0.1, 0.15) is 12.4 Å². The lowest BCUT2D eigenvalue weighted by Crippen LogP contribution is -2.64. The molecule has 0 saturated heterocycles. The lowest BCUT2D eigenvalue weighted by molar-refractivity contribution is -0.142. The summed E-state index contributed by atoms with van der Waals surface area (Å²) in [5.74, 6) is 2.17. The molecule has 0 aromatic heterocycles. The maximum atomic E-state index is 11.0. The Morgan fingerprint density at radius 2 is 1.66 bits per heavy atom. The second-order valence-electron chi connectivity index (χ2n) is 9.49. The highest BCUT2D eigenvalue weighted by atomic mass is 35.5. The van der Waals surface area contributed by atoms with Crippen molar-refractivity contribution >= 4 is 23.2 Å². The van der Waals surface area contributed by atoms with E-state index in [-0.39, 0.29) is 5.54 Å². The minimum absolute atomic E-state index is 0.0502. The standard InChI is InChI=1S/C24H27Cl2NO2/c25-20-3-1-16(2-4-20)14-29-22-6-5-21(26)8-19(22)13-27-23-9-17-7-18(10-23)12-24(28,11-17)15-23/h1-6,8,17-18,27-28H,7,9-15H2. The molecule has 0 radical (unpaired) electrons. The van der Waals surface area contributed by atoms with E-state index in [4.69, 9.17) is 27.9 Å². The van der Waals surface area contributed by atoms with Gasteiger partial charge in [0.2, 0.25) is 0 Å². The molecule has 4 saturated carbocycles. The van der Waals surface area contributed by atoms with Gasteiger partial charge in [-0.15, -0.1) is 0 Å². The molecule has 2 aromatic carbocycles. The van der Waals surface area contributed by atoms with E-state index in [0.717, 1.165) is 41.2 Å². The quantitative estimate of drug-likeness (QED) is 0.611. The number of halogens is 2. The molecule has 5 heteroatoms. The molecule has 3 nitrogen and oxygen atoms in total. The van der Waals surface area contributed by atoms with Crippen molar-refractivity contribution in [1.29, 1.82) is 0 Å². The van der Waals surface area contributed by atoms with Gasteiger partial charge in [0, 0.05) is 27.7 Å². The number of rotatable bonds is 6. The van der Waals surface area contributed by atoms with Gasteiger partial charge in [0.25, 0.3) is 0 Å². The van der Waals surface area contributed by atoms with Gasteiger partial charge < -0.3 is 15.2 Å². The number of hydrogen-bond acceptors (Lipinski definition) is 3. The highest BCUT2D eigenvalue weighted by Gasteiger charge is 2.56. The number of ether oxygens (including phenoxy) is 1. The van der Waals surface area contributed by atoms with Crippen molar-refractivity contribution in [2.75, 3.05) is 0 Å². The van der Waals surface area contributed by atoms with Crippen molar-refractivity contribution in [3.63, 3.8) is 0 Å². The summed E-state index contributed by atoms with van der Waals surface area (Å²) in [6.45, 7) is 1.19. The van der Waals surface area contributed by atoms with Gasteiger partial charge in [-0.3, -0.25) is 0 Å². The van der Waals surface area contributed by atoms with E-state index in [0.29, 0.717) is 30.0 Å². The maximum absolute atomic E-state index is 11.0. The summed E-state index contributed by atoms with van der Waals surface area (Å²) < 4.78 is 6.12. The first-order valence-corrected chi connectivity index (χ1v) is 11.3. The van der Waals surface area contributed by atoms with Crippen LogP contribution in [0.1, 0.15) is 49.7 Å². The van der Waals surface area contributed by atoms with Crippen LogP contribution in [-0.4, -0.2) is 16.2 Å². The molecule has 6 rings (SSSR count). The Morgan fingerprint density at radius 1 is 0.966 bits per heavy atom. The molecule has 4 fully saturated rings. The first kappa shape index (κ1) is 19.7. The van der Waals surface area contributed by atoms with Crippen LogP contribution >= 0.6 is 23.2 Å². The normalized spacial score (nSPS) is 32.5. The zero-order valence-electron chi connectivity index (χ0n) is 16.5. The van der Waals surface area contributed by atoms with Crippen LogP contribution in [-0.2, 0) is 13.2 Å². The van der Waals surface area contributed by atoms with Gasteiger partial charge in [0.15, 0.2) is 0 Å². The lowest BCUT2D eigenvalue weighted by Gasteiger charge is -2.60. The van der Waals surface area contributed by atoms with E-state index in [9.17, 15) is 5.11 Å². The van der Waals surface area contributed by atoms with Crippen LogP contribution in [0.3, 0.4) is 0 Å². The lowest BCUT2D eigenvalue weighted by atomic mass is 9.51. The van der Waals surface area contributed by atoms with Crippen molar-refractivity contribution < 1.29 is 9.84 Å². The zero-order valence-corrected chi connectivity index (χ0v) is 18.0. The van der Waals surface area contributed by atoms with Crippen molar-refractivity contribution in [1.82, 2.24) is 5.32 Å². The third-order valence-electron chi connectivity index (χ3n) is 7.01. The summed E-state index contributed by atoms with van der Waals surface area (Å²) in [6.07, 6.45) is 6.48. The van der Waals surface area contributed by atoms with Gasteiger partial charge in [-0.25, -0.2) is 0 Å². The van der Waals surface area contributed by atoms with Crippen molar-refractivity contribution in [3.8, 4) is 5.75 Å². The number of hydrogen-bond donors (Lipinski definition) is 2. The van der Waals surface area contributed by atoms with E-state index >= 15 is 0 Å². The second-order valence-corrected chi connectivity index (χ2v) is 10.4. The average molecular weight is 432 g/mol. The fourth-order valence-corrected chi connectivity index (χ4v) is 6.59. The minimum Gasteiger partial charge on any atom is -0.489 e. The van der Waals surface area contributed by atoms with Gasteiger partial charge >= 0.3 is 0 Å². The molecule has 29 heavy (non-hydrogen) atoms. The Kier molecular flexibility index (Phi) is 5.06. The van der Waals surface area contributed by atoms with Crippen LogP contribution in [0.2, 0.25) is 10.0 Å². The predicted molar refractivity (Wildman–Crippen MR) is 116 cm³/mol. The van der Waals surface area contributed by atoms with Crippen molar-refractivity contribution in [2.24, 2.45) is 11.8 Å². The summed E-state index contributed by atoms with van der Waals surface area (Å²) in [5, 5.41) is 16.3. The van der Waals surface area contributed by atoms with E-state index in [1.165, 1.54) is 19.3 Å². The Balaban J connectivity index is 1.30. The zero-order chi connectivity index (χ0) is 20.1. The molecule has 0 spiro atoms. The van der Waals surface area contributed by atoms with Gasteiger partial charge in [-0.05, 0) is 86.3 Å². The highest BCUT2D eigenvalue weighted by molar-refractivity contribution is 6.30. The number of benzene rings is 2. The topological polar surface area (TPSA) is 41.5 Å². The average Bonchev–Trinajstić information content (AvgIpc) is 2.65. The van der Waals surface area contributed by atoms with Crippen LogP contribution in [0.5, 0.6) is 5.75 Å². The summed E-state index contributed by atoms with van der Waals surface area (Å²) in [4.78, 5) is 0. The maximum Gasteiger partial charge on any atom is 0.124 e. The molecule has 0 heterocycles. The van der Waals surface area contributed by atoms with Gasteiger partial charge in [0.05, 0.1) is 5.60 Å². The van der Waals surface area contributed by atoms with Crippen LogP contribution in [0.4, 0.5) is 0 Å². The first-order chi connectivity index (χ1) is 13.9. The minimum atomic E-state index is -0.459. The molecule has 2 N–H and O–H groups in total. The molecule has 0 aliphatic heterocycles. The highest BCUT2D eigenvalue weighted by Crippen LogP contribution is 2.57. The molecule has 2 atom stereocenters. The van der Waals surface area contributed by atoms with Gasteiger partial charge in [-0.2, -0.15) is 0 Å². The molecule has 4 bridgehead atoms. The molecule has 4 aliphatic carbocycles. The Bertz CT molecular complexity index is 884. The summed E-state index contributed by atoms with van der Waals surface area (Å²) in [5.41, 5.74) is 1.73. The third kappa shape index (κ3) is 4.16. The van der Waals surface area contributed by atoms with Crippen LogP contribution in [0, 0.1) is 11.8 Å². The predicted octanol–water partition coefficient (Wildman–Crippen LogP) is 5.75. The number of aliphatic hydroxyl groups is 1. The molecule has 154 valence electrons. The van der Waals surface area contributed by atoms with Crippen molar-refractivity contribution in [2.45, 2.75) is 62.8 Å².